The van der Waals surface area contributed by atoms with Crippen molar-refractivity contribution in [3.05, 3.63) is 46.4 Å². The van der Waals surface area contributed by atoms with Crippen LogP contribution in [0.15, 0.2) is 40.9 Å². The molecule has 3 nitrogen and oxygen atoms in total. The Kier molecular flexibility index (Phi) is 4.98. The SMILES string of the molecule is CCN(CC(C)C#N)C(=O)c1ccc2cc(Br)ccc2c1. The van der Waals surface area contributed by atoms with Gasteiger partial charge in [0.05, 0.1) is 12.0 Å². The lowest BCUT2D eigenvalue weighted by Crippen LogP contribution is -2.34. The van der Waals surface area contributed by atoms with Crippen LogP contribution in [0, 0.1) is 17.2 Å². The molecule has 1 atom stereocenters. The Bertz CT molecular complexity index is 705. The third-order valence-corrected chi connectivity index (χ3v) is 3.93. The van der Waals surface area contributed by atoms with Gasteiger partial charge in [0.1, 0.15) is 0 Å². The fraction of sp³-hybridized carbons (Fsp3) is 0.294. The van der Waals surface area contributed by atoms with E-state index in [1.807, 2.05) is 50.2 Å². The number of fused-ring (bicyclic) bond motifs is 1. The third-order valence-electron chi connectivity index (χ3n) is 3.43. The minimum Gasteiger partial charge on any atom is -0.338 e. The number of benzene rings is 2. The van der Waals surface area contributed by atoms with E-state index in [4.69, 9.17) is 5.26 Å². The van der Waals surface area contributed by atoms with Gasteiger partial charge >= 0.3 is 0 Å². The summed E-state index contributed by atoms with van der Waals surface area (Å²) in [7, 11) is 0. The Hall–Kier alpha value is -1.86. The van der Waals surface area contributed by atoms with Crippen LogP contribution in [0.4, 0.5) is 0 Å². The second-order valence-corrected chi connectivity index (χ2v) is 6.00. The fourth-order valence-corrected chi connectivity index (χ4v) is 2.64. The number of halogens is 1. The highest BCUT2D eigenvalue weighted by atomic mass is 79.9. The maximum atomic E-state index is 12.5. The van der Waals surface area contributed by atoms with Crippen molar-refractivity contribution < 1.29 is 4.79 Å². The van der Waals surface area contributed by atoms with Crippen molar-refractivity contribution in [3.63, 3.8) is 0 Å². The second-order valence-electron chi connectivity index (χ2n) is 5.08. The molecule has 0 fully saturated rings. The van der Waals surface area contributed by atoms with Crippen LogP contribution < -0.4 is 0 Å². The summed E-state index contributed by atoms with van der Waals surface area (Å²) in [4.78, 5) is 14.3. The average Bonchev–Trinajstić information content (AvgIpc) is 2.51. The Morgan fingerprint density at radius 2 is 1.95 bits per heavy atom. The number of nitriles is 1. The van der Waals surface area contributed by atoms with Crippen molar-refractivity contribution in [2.75, 3.05) is 13.1 Å². The molecule has 0 radical (unpaired) electrons. The van der Waals surface area contributed by atoms with Crippen LogP contribution in [0.1, 0.15) is 24.2 Å². The quantitative estimate of drug-likeness (QED) is 0.833. The van der Waals surface area contributed by atoms with Gasteiger partial charge in [-0.2, -0.15) is 5.26 Å². The number of carbonyl (C=O) groups is 1. The molecule has 0 aliphatic carbocycles. The van der Waals surface area contributed by atoms with E-state index in [0.29, 0.717) is 18.7 Å². The van der Waals surface area contributed by atoms with Crippen molar-refractivity contribution in [2.45, 2.75) is 13.8 Å². The number of hydrogen-bond acceptors (Lipinski definition) is 2. The monoisotopic (exact) mass is 344 g/mol. The molecule has 0 spiro atoms. The molecule has 0 aliphatic heterocycles. The van der Waals surface area contributed by atoms with E-state index in [9.17, 15) is 4.79 Å². The molecule has 0 heterocycles. The van der Waals surface area contributed by atoms with Gasteiger partial charge in [0, 0.05) is 23.1 Å². The van der Waals surface area contributed by atoms with E-state index in [2.05, 4.69) is 22.0 Å². The molecule has 4 heteroatoms. The Balaban J connectivity index is 2.30. The molecule has 2 rings (SSSR count). The van der Waals surface area contributed by atoms with Gasteiger partial charge in [-0.05, 0) is 48.9 Å². The molecule has 0 aromatic heterocycles. The smallest absolute Gasteiger partial charge is 0.253 e. The molecule has 1 unspecified atom stereocenters. The van der Waals surface area contributed by atoms with Gasteiger partial charge in [-0.25, -0.2) is 0 Å². The zero-order chi connectivity index (χ0) is 15.4. The summed E-state index contributed by atoms with van der Waals surface area (Å²) in [5.41, 5.74) is 0.664. The van der Waals surface area contributed by atoms with E-state index in [1.165, 1.54) is 0 Å². The lowest BCUT2D eigenvalue weighted by atomic mass is 10.1. The first-order chi connectivity index (χ1) is 10.0. The van der Waals surface area contributed by atoms with Crippen LogP contribution in [0.25, 0.3) is 10.8 Å². The summed E-state index contributed by atoms with van der Waals surface area (Å²) in [6.45, 7) is 4.82. The summed E-state index contributed by atoms with van der Waals surface area (Å²) < 4.78 is 1.02. The first-order valence-corrected chi connectivity index (χ1v) is 7.72. The molecule has 0 saturated heterocycles. The highest BCUT2D eigenvalue weighted by molar-refractivity contribution is 9.10. The highest BCUT2D eigenvalue weighted by Crippen LogP contribution is 2.21. The van der Waals surface area contributed by atoms with Crippen molar-refractivity contribution in [1.29, 1.82) is 5.26 Å². The van der Waals surface area contributed by atoms with Crippen LogP contribution >= 0.6 is 15.9 Å². The highest BCUT2D eigenvalue weighted by Gasteiger charge is 2.16. The summed E-state index contributed by atoms with van der Waals surface area (Å²) >= 11 is 3.44. The minimum atomic E-state index is -0.162. The maximum Gasteiger partial charge on any atom is 0.253 e. The van der Waals surface area contributed by atoms with Gasteiger partial charge in [-0.3, -0.25) is 4.79 Å². The van der Waals surface area contributed by atoms with Crippen LogP contribution in [-0.2, 0) is 0 Å². The predicted octanol–water partition coefficient (Wildman–Crippen LogP) is 4.22. The molecule has 2 aromatic rings. The zero-order valence-corrected chi connectivity index (χ0v) is 13.7. The van der Waals surface area contributed by atoms with Crippen LogP contribution in [0.5, 0.6) is 0 Å². The van der Waals surface area contributed by atoms with Gasteiger partial charge in [0.25, 0.3) is 5.91 Å². The van der Waals surface area contributed by atoms with Gasteiger partial charge in [0.15, 0.2) is 0 Å². The van der Waals surface area contributed by atoms with Crippen molar-refractivity contribution >= 4 is 32.6 Å². The van der Waals surface area contributed by atoms with E-state index in [-0.39, 0.29) is 11.8 Å². The second kappa shape index (κ2) is 6.73. The molecular weight excluding hydrogens is 328 g/mol. The summed E-state index contributed by atoms with van der Waals surface area (Å²) in [5.74, 6) is -0.185. The number of amides is 1. The van der Waals surface area contributed by atoms with Gasteiger partial charge in [0.2, 0.25) is 0 Å². The van der Waals surface area contributed by atoms with E-state index in [0.717, 1.165) is 15.2 Å². The topological polar surface area (TPSA) is 44.1 Å². The van der Waals surface area contributed by atoms with Gasteiger partial charge < -0.3 is 4.90 Å². The first kappa shape index (κ1) is 15.5. The van der Waals surface area contributed by atoms with E-state index < -0.39 is 0 Å². The van der Waals surface area contributed by atoms with Crippen LogP contribution in [0.3, 0.4) is 0 Å². The van der Waals surface area contributed by atoms with Crippen molar-refractivity contribution in [1.82, 2.24) is 4.90 Å². The lowest BCUT2D eigenvalue weighted by Gasteiger charge is -2.22. The molecule has 1 amide bonds. The molecule has 21 heavy (non-hydrogen) atoms. The summed E-state index contributed by atoms with van der Waals surface area (Å²) in [5, 5.41) is 11.0. The molecule has 0 aliphatic rings. The average molecular weight is 345 g/mol. The van der Waals surface area contributed by atoms with Crippen molar-refractivity contribution in [3.8, 4) is 6.07 Å². The van der Waals surface area contributed by atoms with E-state index >= 15 is 0 Å². The fourth-order valence-electron chi connectivity index (χ4n) is 2.26. The minimum absolute atomic E-state index is 0.0237. The molecule has 0 saturated carbocycles. The molecule has 108 valence electrons. The number of nitrogens with zero attached hydrogens (tertiary/aromatic N) is 2. The van der Waals surface area contributed by atoms with Gasteiger partial charge in [-0.1, -0.05) is 28.1 Å². The maximum absolute atomic E-state index is 12.5. The zero-order valence-electron chi connectivity index (χ0n) is 12.1. The summed E-state index contributed by atoms with van der Waals surface area (Å²) in [6, 6.07) is 13.9. The lowest BCUT2D eigenvalue weighted by molar-refractivity contribution is 0.0753. The summed E-state index contributed by atoms with van der Waals surface area (Å²) in [6.07, 6.45) is 0. The normalized spacial score (nSPS) is 11.9. The number of carbonyl (C=O) groups excluding carboxylic acids is 1. The predicted molar refractivity (Wildman–Crippen MR) is 88.0 cm³/mol. The molecule has 2 aromatic carbocycles. The molecular formula is C17H17BrN2O. The Morgan fingerprint density at radius 3 is 2.62 bits per heavy atom. The van der Waals surface area contributed by atoms with E-state index in [1.54, 1.807) is 4.90 Å². The number of hydrogen-bond donors (Lipinski definition) is 0. The van der Waals surface area contributed by atoms with Crippen LogP contribution in [0.2, 0.25) is 0 Å². The Labute approximate surface area is 133 Å². The molecule has 0 bridgehead atoms. The first-order valence-electron chi connectivity index (χ1n) is 6.93. The Morgan fingerprint density at radius 1 is 1.29 bits per heavy atom. The molecule has 0 N–H and O–H groups in total. The number of rotatable bonds is 4. The van der Waals surface area contributed by atoms with Crippen LogP contribution in [-0.4, -0.2) is 23.9 Å². The standard InChI is InChI=1S/C17H17BrN2O/c1-3-20(11-12(2)10-19)17(21)15-5-4-14-9-16(18)7-6-13(14)8-15/h4-9,12H,3,11H2,1-2H3. The van der Waals surface area contributed by atoms with Crippen molar-refractivity contribution in [2.24, 2.45) is 5.92 Å². The third kappa shape index (κ3) is 3.62. The van der Waals surface area contributed by atoms with Gasteiger partial charge in [-0.15, -0.1) is 0 Å². The largest absolute Gasteiger partial charge is 0.338 e.